The number of halogens is 1. The highest BCUT2D eigenvalue weighted by Gasteiger charge is 2.14. The first kappa shape index (κ1) is 23.2. The minimum absolute atomic E-state index is 0.0881. The third-order valence-electron chi connectivity index (χ3n) is 5.78. The van der Waals surface area contributed by atoms with Gasteiger partial charge in [0.25, 0.3) is 0 Å². The molecular weight excluding hydrogens is 484 g/mol. The summed E-state index contributed by atoms with van der Waals surface area (Å²) in [4.78, 5) is 18.0. The van der Waals surface area contributed by atoms with Crippen molar-refractivity contribution >= 4 is 43.3 Å². The van der Waals surface area contributed by atoms with Crippen LogP contribution in [0, 0.1) is 0 Å². The number of nitrogens with one attached hydrogen (secondary N) is 1. The summed E-state index contributed by atoms with van der Waals surface area (Å²) in [7, 11) is -1.84. The average Bonchev–Trinajstić information content (AvgIpc) is 3.22. The maximum absolute atomic E-state index is 13.5. The van der Waals surface area contributed by atoms with E-state index in [0.29, 0.717) is 37.8 Å². The standard InChI is InChI=1S/C26H21ClN4O3S/c1-31-15-21(13-29-31)20-11-23-25(28-12-20)9-8-18-7-6-17(10-22(18)26(23)32)16-35(33,34)30-14-19-4-2-3-5-24(19)27/h2-13,15,30H,14,16H2,1H3. The molecule has 0 unspecified atom stereocenters. The van der Waals surface area contributed by atoms with Crippen molar-refractivity contribution in [1.29, 1.82) is 0 Å². The number of hydrogen-bond donors (Lipinski definition) is 1. The summed E-state index contributed by atoms with van der Waals surface area (Å²) in [5.74, 6) is -0.261. The van der Waals surface area contributed by atoms with Gasteiger partial charge in [0.05, 0.1) is 17.5 Å². The van der Waals surface area contributed by atoms with Crippen LogP contribution in [-0.2, 0) is 29.4 Å². The van der Waals surface area contributed by atoms with Crippen LogP contribution < -0.4 is 10.2 Å². The van der Waals surface area contributed by atoms with Gasteiger partial charge in [0.2, 0.25) is 10.0 Å². The van der Waals surface area contributed by atoms with Crippen molar-refractivity contribution < 1.29 is 8.42 Å². The second kappa shape index (κ2) is 9.22. The Balaban J connectivity index is 1.50. The van der Waals surface area contributed by atoms with Gasteiger partial charge in [-0.2, -0.15) is 5.10 Å². The van der Waals surface area contributed by atoms with Crippen LogP contribution in [0.15, 0.2) is 84.0 Å². The third kappa shape index (κ3) is 4.95. The highest BCUT2D eigenvalue weighted by molar-refractivity contribution is 7.88. The molecule has 3 aromatic carbocycles. The van der Waals surface area contributed by atoms with Gasteiger partial charge in [0.1, 0.15) is 0 Å². The fourth-order valence-electron chi connectivity index (χ4n) is 3.97. The molecule has 0 spiro atoms. The van der Waals surface area contributed by atoms with E-state index in [2.05, 4.69) is 14.8 Å². The summed E-state index contributed by atoms with van der Waals surface area (Å²) < 4.78 is 29.7. The molecule has 0 saturated heterocycles. The van der Waals surface area contributed by atoms with E-state index < -0.39 is 10.0 Å². The number of rotatable bonds is 6. The largest absolute Gasteiger partial charge is 0.289 e. The molecule has 5 rings (SSSR count). The van der Waals surface area contributed by atoms with Gasteiger partial charge in [-0.25, -0.2) is 13.1 Å². The van der Waals surface area contributed by atoms with Crippen molar-refractivity contribution in [2.75, 3.05) is 0 Å². The van der Waals surface area contributed by atoms with E-state index in [1.54, 1.807) is 71.7 Å². The first-order valence-electron chi connectivity index (χ1n) is 10.8. The Morgan fingerprint density at radius 3 is 2.54 bits per heavy atom. The number of hydrogen-bond acceptors (Lipinski definition) is 5. The van der Waals surface area contributed by atoms with Gasteiger partial charge in [0, 0.05) is 52.9 Å². The molecule has 2 heterocycles. The molecule has 0 amide bonds. The molecule has 0 saturated carbocycles. The Hall–Kier alpha value is -3.59. The monoisotopic (exact) mass is 504 g/mol. The van der Waals surface area contributed by atoms with Crippen LogP contribution >= 0.6 is 11.6 Å². The average molecular weight is 505 g/mol. The number of pyridine rings is 1. The van der Waals surface area contributed by atoms with Crippen LogP contribution in [0.25, 0.3) is 32.8 Å². The molecule has 0 radical (unpaired) electrons. The van der Waals surface area contributed by atoms with E-state index in [9.17, 15) is 13.2 Å². The van der Waals surface area contributed by atoms with Gasteiger partial charge in [-0.05, 0) is 40.8 Å². The van der Waals surface area contributed by atoms with Gasteiger partial charge < -0.3 is 0 Å². The van der Waals surface area contributed by atoms with Gasteiger partial charge in [0.15, 0.2) is 5.43 Å². The Kier molecular flexibility index (Phi) is 6.10. The predicted octanol–water partition coefficient (Wildman–Crippen LogP) is 4.42. The SMILES string of the molecule is Cn1cc(-c2cnc3ccc4ccc(CS(=O)(=O)NCc5ccccc5Cl)cc4c(=O)c3c2)cn1. The second-order valence-corrected chi connectivity index (χ2v) is 10.5. The Labute approximate surface area is 207 Å². The smallest absolute Gasteiger partial charge is 0.216 e. The summed E-state index contributed by atoms with van der Waals surface area (Å²) in [5, 5.41) is 6.28. The van der Waals surface area contributed by atoms with Gasteiger partial charge in [-0.1, -0.05) is 48.0 Å². The molecule has 9 heteroatoms. The molecular formula is C26H21ClN4O3S. The highest BCUT2D eigenvalue weighted by atomic mass is 35.5. The van der Waals surface area contributed by atoms with Crippen molar-refractivity contribution in [2.45, 2.75) is 12.3 Å². The van der Waals surface area contributed by atoms with Gasteiger partial charge in [-0.3, -0.25) is 14.5 Å². The van der Waals surface area contributed by atoms with Crippen LogP contribution in [0.5, 0.6) is 0 Å². The van der Waals surface area contributed by atoms with Crippen LogP contribution in [0.2, 0.25) is 5.02 Å². The molecule has 5 aromatic rings. The third-order valence-corrected chi connectivity index (χ3v) is 7.45. The Morgan fingerprint density at radius 1 is 0.971 bits per heavy atom. The van der Waals surface area contributed by atoms with Crippen molar-refractivity contribution in [2.24, 2.45) is 7.05 Å². The quantitative estimate of drug-likeness (QED) is 0.369. The van der Waals surface area contributed by atoms with Crippen molar-refractivity contribution in [3.8, 4) is 11.1 Å². The van der Waals surface area contributed by atoms with Crippen molar-refractivity contribution in [3.63, 3.8) is 0 Å². The van der Waals surface area contributed by atoms with E-state index in [-0.39, 0.29) is 17.7 Å². The topological polar surface area (TPSA) is 94.0 Å². The molecule has 0 aliphatic heterocycles. The molecule has 0 fully saturated rings. The highest BCUT2D eigenvalue weighted by Crippen LogP contribution is 2.23. The summed E-state index contributed by atoms with van der Waals surface area (Å²) in [6, 6.07) is 17.6. The lowest BCUT2D eigenvalue weighted by molar-refractivity contribution is 0.580. The number of sulfonamides is 1. The van der Waals surface area contributed by atoms with Crippen LogP contribution in [0.4, 0.5) is 0 Å². The number of fused-ring (bicyclic) bond motifs is 2. The summed E-state index contributed by atoms with van der Waals surface area (Å²) in [6.45, 7) is 0.0881. The van der Waals surface area contributed by atoms with Crippen molar-refractivity contribution in [3.05, 3.63) is 106 Å². The normalized spacial score (nSPS) is 11.8. The summed E-state index contributed by atoms with van der Waals surface area (Å²) in [6.07, 6.45) is 5.28. The maximum atomic E-state index is 13.5. The molecule has 7 nitrogen and oxygen atoms in total. The molecule has 176 valence electrons. The number of benzene rings is 2. The summed E-state index contributed by atoms with van der Waals surface area (Å²) >= 11 is 6.13. The fraction of sp³-hybridized carbons (Fsp3) is 0.115. The minimum atomic E-state index is -3.66. The van der Waals surface area contributed by atoms with Crippen LogP contribution in [0.1, 0.15) is 11.1 Å². The lowest BCUT2D eigenvalue weighted by Crippen LogP contribution is -2.24. The number of aromatic nitrogens is 3. The molecule has 2 aromatic heterocycles. The number of aryl methyl sites for hydroxylation is 1. The molecule has 0 aliphatic carbocycles. The lowest BCUT2D eigenvalue weighted by Gasteiger charge is -2.08. The van der Waals surface area contributed by atoms with Gasteiger partial charge in [-0.15, -0.1) is 0 Å². The predicted molar refractivity (Wildman–Crippen MR) is 139 cm³/mol. The first-order chi connectivity index (χ1) is 16.8. The zero-order chi connectivity index (χ0) is 24.6. The molecule has 1 N–H and O–H groups in total. The number of nitrogens with zero attached hydrogens (tertiary/aromatic N) is 3. The zero-order valence-electron chi connectivity index (χ0n) is 18.8. The van der Waals surface area contributed by atoms with E-state index >= 15 is 0 Å². The van der Waals surface area contributed by atoms with E-state index in [1.165, 1.54) is 0 Å². The molecule has 0 bridgehead atoms. The lowest BCUT2D eigenvalue weighted by atomic mass is 10.1. The van der Waals surface area contributed by atoms with E-state index in [0.717, 1.165) is 11.1 Å². The van der Waals surface area contributed by atoms with E-state index in [1.807, 2.05) is 19.3 Å². The first-order valence-corrected chi connectivity index (χ1v) is 12.9. The van der Waals surface area contributed by atoms with Crippen molar-refractivity contribution in [1.82, 2.24) is 19.5 Å². The Morgan fingerprint density at radius 2 is 1.77 bits per heavy atom. The molecule has 35 heavy (non-hydrogen) atoms. The molecule has 0 aliphatic rings. The minimum Gasteiger partial charge on any atom is -0.289 e. The fourth-order valence-corrected chi connectivity index (χ4v) is 5.27. The van der Waals surface area contributed by atoms with Gasteiger partial charge >= 0.3 is 0 Å². The van der Waals surface area contributed by atoms with Crippen LogP contribution in [0.3, 0.4) is 0 Å². The Bertz CT molecular complexity index is 1750. The van der Waals surface area contributed by atoms with E-state index in [4.69, 9.17) is 11.6 Å². The molecule has 0 atom stereocenters. The maximum Gasteiger partial charge on any atom is 0.216 e. The summed E-state index contributed by atoms with van der Waals surface area (Å²) in [5.41, 5.74) is 3.19. The van der Waals surface area contributed by atoms with Crippen LogP contribution in [-0.4, -0.2) is 23.2 Å². The second-order valence-electron chi connectivity index (χ2n) is 8.32. The zero-order valence-corrected chi connectivity index (χ0v) is 20.3.